The second-order valence-corrected chi connectivity index (χ2v) is 5.07. The number of hydrogen-bond donors (Lipinski definition) is 1. The van der Waals surface area contributed by atoms with Gasteiger partial charge >= 0.3 is 0 Å². The molecule has 2 aromatic carbocycles. The van der Waals surface area contributed by atoms with Crippen LogP contribution < -0.4 is 5.32 Å². The number of carbonyl (C=O) groups is 1. The number of benzene rings is 2. The van der Waals surface area contributed by atoms with Crippen LogP contribution in [0.15, 0.2) is 53.4 Å². The van der Waals surface area contributed by atoms with E-state index in [0.717, 1.165) is 6.29 Å². The molecule has 0 spiro atoms. The highest BCUT2D eigenvalue weighted by Crippen LogP contribution is 2.45. The largest absolute Gasteiger partial charge is 0.368 e. The van der Waals surface area contributed by atoms with Gasteiger partial charge in [-0.1, -0.05) is 48.2 Å². The standard InChI is InChI=1S/C14H11NOS/c16-9-10-5-7-11(8-6-10)14-15-12-3-1-2-4-13(12)17-14/h1-9,14-15H. The van der Waals surface area contributed by atoms with Crippen molar-refractivity contribution >= 4 is 23.7 Å². The molecule has 2 aromatic rings. The second kappa shape index (κ2) is 4.26. The maximum Gasteiger partial charge on any atom is 0.150 e. The van der Waals surface area contributed by atoms with Gasteiger partial charge in [0.05, 0.1) is 0 Å². The Bertz CT molecular complexity index is 525. The minimum atomic E-state index is 0.244. The van der Waals surface area contributed by atoms with Crippen molar-refractivity contribution in [2.75, 3.05) is 5.32 Å². The summed E-state index contributed by atoms with van der Waals surface area (Å²) in [5, 5.41) is 3.71. The molecule has 0 aliphatic carbocycles. The molecule has 0 saturated heterocycles. The van der Waals surface area contributed by atoms with E-state index in [1.165, 1.54) is 16.1 Å². The molecule has 1 unspecified atom stereocenters. The van der Waals surface area contributed by atoms with E-state index in [-0.39, 0.29) is 5.37 Å². The normalized spacial score (nSPS) is 17.3. The topological polar surface area (TPSA) is 29.1 Å². The predicted octanol–water partition coefficient (Wildman–Crippen LogP) is 3.72. The van der Waals surface area contributed by atoms with Crippen LogP contribution in [0.1, 0.15) is 21.3 Å². The lowest BCUT2D eigenvalue weighted by atomic mass is 10.1. The Balaban J connectivity index is 1.86. The molecule has 0 bridgehead atoms. The van der Waals surface area contributed by atoms with Crippen molar-refractivity contribution in [2.24, 2.45) is 0 Å². The quantitative estimate of drug-likeness (QED) is 0.812. The third kappa shape index (κ3) is 1.94. The van der Waals surface area contributed by atoms with Gasteiger partial charge in [-0.15, -0.1) is 0 Å². The van der Waals surface area contributed by atoms with Gasteiger partial charge in [0, 0.05) is 16.1 Å². The number of para-hydroxylation sites is 1. The van der Waals surface area contributed by atoms with Crippen LogP contribution in [-0.4, -0.2) is 6.29 Å². The molecule has 1 N–H and O–H groups in total. The van der Waals surface area contributed by atoms with Gasteiger partial charge in [0.15, 0.2) is 0 Å². The molecule has 1 aliphatic heterocycles. The average molecular weight is 241 g/mol. The van der Waals surface area contributed by atoms with Crippen LogP contribution in [0, 0.1) is 0 Å². The number of fused-ring (bicyclic) bond motifs is 1. The molecular weight excluding hydrogens is 230 g/mol. The van der Waals surface area contributed by atoms with Gasteiger partial charge in [-0.2, -0.15) is 0 Å². The van der Waals surface area contributed by atoms with Crippen molar-refractivity contribution in [3.63, 3.8) is 0 Å². The highest BCUT2D eigenvalue weighted by atomic mass is 32.2. The number of anilines is 1. The first kappa shape index (κ1) is 10.4. The Labute approximate surface area is 104 Å². The molecular formula is C14H11NOS. The number of aldehydes is 1. The monoisotopic (exact) mass is 241 g/mol. The lowest BCUT2D eigenvalue weighted by molar-refractivity contribution is 0.112. The van der Waals surface area contributed by atoms with Crippen molar-refractivity contribution in [1.29, 1.82) is 0 Å². The zero-order valence-corrected chi connectivity index (χ0v) is 9.91. The summed E-state index contributed by atoms with van der Waals surface area (Å²) in [5.74, 6) is 0. The number of rotatable bonds is 2. The van der Waals surface area contributed by atoms with E-state index < -0.39 is 0 Å². The fraction of sp³-hybridized carbons (Fsp3) is 0.0714. The van der Waals surface area contributed by atoms with Gasteiger partial charge in [-0.3, -0.25) is 4.79 Å². The predicted molar refractivity (Wildman–Crippen MR) is 70.5 cm³/mol. The zero-order valence-electron chi connectivity index (χ0n) is 9.09. The van der Waals surface area contributed by atoms with Gasteiger partial charge < -0.3 is 5.32 Å². The van der Waals surface area contributed by atoms with E-state index in [1.807, 2.05) is 36.4 Å². The first-order chi connectivity index (χ1) is 8.36. The second-order valence-electron chi connectivity index (χ2n) is 3.92. The van der Waals surface area contributed by atoms with Crippen molar-refractivity contribution in [3.05, 3.63) is 59.7 Å². The minimum Gasteiger partial charge on any atom is -0.368 e. The maximum atomic E-state index is 10.6. The van der Waals surface area contributed by atoms with Crippen LogP contribution in [0.4, 0.5) is 5.69 Å². The molecule has 0 amide bonds. The van der Waals surface area contributed by atoms with E-state index in [2.05, 4.69) is 17.4 Å². The third-order valence-corrected chi connectivity index (χ3v) is 4.03. The van der Waals surface area contributed by atoms with Crippen molar-refractivity contribution in [1.82, 2.24) is 0 Å². The summed E-state index contributed by atoms with van der Waals surface area (Å²) in [7, 11) is 0. The zero-order chi connectivity index (χ0) is 11.7. The van der Waals surface area contributed by atoms with Crippen LogP contribution in [-0.2, 0) is 0 Å². The Morgan fingerprint density at radius 2 is 1.82 bits per heavy atom. The van der Waals surface area contributed by atoms with Crippen LogP contribution in [0.2, 0.25) is 0 Å². The molecule has 0 radical (unpaired) electrons. The smallest absolute Gasteiger partial charge is 0.150 e. The minimum absolute atomic E-state index is 0.244. The molecule has 1 aliphatic rings. The molecule has 84 valence electrons. The van der Waals surface area contributed by atoms with Gasteiger partial charge in [0.2, 0.25) is 0 Å². The van der Waals surface area contributed by atoms with E-state index >= 15 is 0 Å². The molecule has 3 rings (SSSR count). The van der Waals surface area contributed by atoms with E-state index in [4.69, 9.17) is 0 Å². The molecule has 2 nitrogen and oxygen atoms in total. The van der Waals surface area contributed by atoms with E-state index in [1.54, 1.807) is 11.8 Å². The maximum absolute atomic E-state index is 10.6. The highest BCUT2D eigenvalue weighted by molar-refractivity contribution is 8.00. The Morgan fingerprint density at radius 3 is 2.53 bits per heavy atom. The summed E-state index contributed by atoms with van der Waals surface area (Å²) in [6.45, 7) is 0. The summed E-state index contributed by atoms with van der Waals surface area (Å²) in [6, 6.07) is 16.0. The highest BCUT2D eigenvalue weighted by Gasteiger charge is 2.21. The molecule has 17 heavy (non-hydrogen) atoms. The van der Waals surface area contributed by atoms with Gasteiger partial charge in [0.25, 0.3) is 0 Å². The summed E-state index contributed by atoms with van der Waals surface area (Å²) >= 11 is 1.80. The summed E-state index contributed by atoms with van der Waals surface area (Å²) in [5.41, 5.74) is 3.09. The Hall–Kier alpha value is -1.74. The summed E-state index contributed by atoms with van der Waals surface area (Å²) < 4.78 is 0. The first-order valence-electron chi connectivity index (χ1n) is 5.44. The van der Waals surface area contributed by atoms with Crippen LogP contribution in [0.5, 0.6) is 0 Å². The van der Waals surface area contributed by atoms with Crippen LogP contribution in [0.25, 0.3) is 0 Å². The van der Waals surface area contributed by atoms with Crippen LogP contribution >= 0.6 is 11.8 Å². The van der Waals surface area contributed by atoms with Gasteiger partial charge in [0.1, 0.15) is 11.7 Å². The molecule has 0 saturated carbocycles. The first-order valence-corrected chi connectivity index (χ1v) is 6.32. The third-order valence-electron chi connectivity index (χ3n) is 2.79. The lowest BCUT2D eigenvalue weighted by Crippen LogP contribution is -2.00. The number of carbonyl (C=O) groups excluding carboxylic acids is 1. The van der Waals surface area contributed by atoms with Crippen molar-refractivity contribution in [2.45, 2.75) is 10.3 Å². The molecule has 3 heteroatoms. The van der Waals surface area contributed by atoms with E-state index in [0.29, 0.717) is 5.56 Å². The SMILES string of the molecule is O=Cc1ccc(C2Nc3ccccc3S2)cc1. The average Bonchev–Trinajstić information content (AvgIpc) is 2.82. The van der Waals surface area contributed by atoms with E-state index in [9.17, 15) is 4.79 Å². The summed E-state index contributed by atoms with van der Waals surface area (Å²) in [4.78, 5) is 11.9. The number of hydrogen-bond acceptors (Lipinski definition) is 3. The Morgan fingerprint density at radius 1 is 1.06 bits per heavy atom. The summed E-state index contributed by atoms with van der Waals surface area (Å²) in [6.07, 6.45) is 0.869. The molecule has 0 aromatic heterocycles. The van der Waals surface area contributed by atoms with Gasteiger partial charge in [-0.05, 0) is 17.7 Å². The van der Waals surface area contributed by atoms with Gasteiger partial charge in [-0.25, -0.2) is 0 Å². The fourth-order valence-corrected chi connectivity index (χ4v) is 3.03. The molecule has 1 heterocycles. The van der Waals surface area contributed by atoms with Crippen molar-refractivity contribution in [3.8, 4) is 0 Å². The number of thioether (sulfide) groups is 1. The molecule has 1 atom stereocenters. The Kier molecular flexibility index (Phi) is 2.61. The lowest BCUT2D eigenvalue weighted by Gasteiger charge is -2.10. The number of nitrogens with one attached hydrogen (secondary N) is 1. The van der Waals surface area contributed by atoms with Crippen molar-refractivity contribution < 1.29 is 4.79 Å². The fourth-order valence-electron chi connectivity index (χ4n) is 1.89. The molecule has 0 fully saturated rings. The van der Waals surface area contributed by atoms with Crippen LogP contribution in [0.3, 0.4) is 0 Å².